The van der Waals surface area contributed by atoms with Crippen LogP contribution in [-0.4, -0.2) is 58.9 Å². The number of methoxy groups -OCH3 is 2. The van der Waals surface area contributed by atoms with Gasteiger partial charge in [0.15, 0.2) is 0 Å². The molecule has 0 fully saturated rings. The van der Waals surface area contributed by atoms with Crippen LogP contribution in [0.4, 0.5) is 5.69 Å². The summed E-state index contributed by atoms with van der Waals surface area (Å²) in [5.41, 5.74) is 1.27. The third-order valence-electron chi connectivity index (χ3n) is 3.02. The van der Waals surface area contributed by atoms with E-state index in [1.165, 1.54) is 0 Å². The van der Waals surface area contributed by atoms with E-state index in [-0.39, 0.29) is 18.4 Å². The second-order valence-corrected chi connectivity index (χ2v) is 4.88. The molecule has 0 heterocycles. The quantitative estimate of drug-likeness (QED) is 0.520. The number of ether oxygens (including phenoxy) is 2. The van der Waals surface area contributed by atoms with E-state index >= 15 is 0 Å². The third kappa shape index (κ3) is 8.18. The van der Waals surface area contributed by atoms with Crippen LogP contribution in [0.5, 0.6) is 0 Å². The van der Waals surface area contributed by atoms with Crippen molar-refractivity contribution in [2.75, 3.05) is 52.4 Å². The van der Waals surface area contributed by atoms with Gasteiger partial charge in [-0.2, -0.15) is 0 Å². The van der Waals surface area contributed by atoms with Crippen molar-refractivity contribution in [2.24, 2.45) is 0 Å². The predicted octanol–water partition coefficient (Wildman–Crippen LogP) is 0.627. The SMILES string of the molecule is COCCCNC(=O)c1cccc(NCC(=O)NCCOC)c1. The molecule has 0 aliphatic heterocycles. The van der Waals surface area contributed by atoms with Crippen LogP contribution in [0.15, 0.2) is 24.3 Å². The maximum absolute atomic E-state index is 12.0. The molecule has 0 saturated heterocycles. The molecule has 0 aliphatic carbocycles. The van der Waals surface area contributed by atoms with Gasteiger partial charge in [-0.1, -0.05) is 6.07 Å². The smallest absolute Gasteiger partial charge is 0.251 e. The first-order valence-electron chi connectivity index (χ1n) is 7.54. The van der Waals surface area contributed by atoms with Gasteiger partial charge in [0.05, 0.1) is 13.2 Å². The maximum Gasteiger partial charge on any atom is 0.251 e. The summed E-state index contributed by atoms with van der Waals surface area (Å²) in [7, 11) is 3.21. The lowest BCUT2D eigenvalue weighted by Gasteiger charge is -2.09. The Balaban J connectivity index is 2.40. The van der Waals surface area contributed by atoms with E-state index in [1.807, 2.05) is 6.07 Å². The van der Waals surface area contributed by atoms with Gasteiger partial charge in [0.2, 0.25) is 5.91 Å². The number of rotatable bonds is 11. The van der Waals surface area contributed by atoms with Gasteiger partial charge in [-0.05, 0) is 24.6 Å². The van der Waals surface area contributed by atoms with Crippen LogP contribution in [0.2, 0.25) is 0 Å². The summed E-state index contributed by atoms with van der Waals surface area (Å²) in [6, 6.07) is 7.03. The highest BCUT2D eigenvalue weighted by Gasteiger charge is 2.06. The van der Waals surface area contributed by atoms with Gasteiger partial charge in [0, 0.05) is 45.2 Å². The van der Waals surface area contributed by atoms with Crippen LogP contribution in [-0.2, 0) is 14.3 Å². The Kier molecular flexibility index (Phi) is 9.42. The third-order valence-corrected chi connectivity index (χ3v) is 3.02. The Labute approximate surface area is 136 Å². The summed E-state index contributed by atoms with van der Waals surface area (Å²) in [5.74, 6) is -0.272. The molecule has 128 valence electrons. The van der Waals surface area contributed by atoms with E-state index in [0.29, 0.717) is 31.9 Å². The van der Waals surface area contributed by atoms with Crippen molar-refractivity contribution in [1.82, 2.24) is 10.6 Å². The van der Waals surface area contributed by atoms with Crippen LogP contribution >= 0.6 is 0 Å². The fourth-order valence-corrected chi connectivity index (χ4v) is 1.83. The second-order valence-electron chi connectivity index (χ2n) is 4.88. The number of hydrogen-bond donors (Lipinski definition) is 3. The van der Waals surface area contributed by atoms with Gasteiger partial charge in [-0.15, -0.1) is 0 Å². The number of anilines is 1. The molecule has 0 spiro atoms. The van der Waals surface area contributed by atoms with Crippen LogP contribution < -0.4 is 16.0 Å². The number of nitrogens with one attached hydrogen (secondary N) is 3. The van der Waals surface area contributed by atoms with Crippen molar-refractivity contribution >= 4 is 17.5 Å². The number of amides is 2. The molecular weight excluding hydrogens is 298 g/mol. The molecule has 0 unspecified atom stereocenters. The minimum absolute atomic E-state index is 0.128. The summed E-state index contributed by atoms with van der Waals surface area (Å²) in [6.07, 6.45) is 0.766. The monoisotopic (exact) mass is 323 g/mol. The Hall–Kier alpha value is -2.12. The maximum atomic E-state index is 12.0. The second kappa shape index (κ2) is 11.4. The molecule has 1 rings (SSSR count). The first-order valence-corrected chi connectivity index (χ1v) is 7.54. The summed E-state index contributed by atoms with van der Waals surface area (Å²) < 4.78 is 9.79. The molecule has 0 aromatic heterocycles. The highest BCUT2D eigenvalue weighted by atomic mass is 16.5. The molecule has 3 N–H and O–H groups in total. The van der Waals surface area contributed by atoms with E-state index < -0.39 is 0 Å². The summed E-state index contributed by atoms with van der Waals surface area (Å²) in [4.78, 5) is 23.6. The first-order chi connectivity index (χ1) is 11.2. The molecule has 1 aromatic rings. The van der Waals surface area contributed by atoms with Crippen molar-refractivity contribution in [1.29, 1.82) is 0 Å². The molecule has 0 atom stereocenters. The van der Waals surface area contributed by atoms with Gasteiger partial charge in [0.1, 0.15) is 0 Å². The Morgan fingerprint density at radius 1 is 1.04 bits per heavy atom. The van der Waals surface area contributed by atoms with Crippen LogP contribution in [0, 0.1) is 0 Å². The molecular formula is C16H25N3O4. The average molecular weight is 323 g/mol. The normalized spacial score (nSPS) is 10.2. The molecule has 23 heavy (non-hydrogen) atoms. The van der Waals surface area contributed by atoms with Gasteiger partial charge in [0.25, 0.3) is 5.91 Å². The zero-order valence-electron chi connectivity index (χ0n) is 13.7. The first kappa shape index (κ1) is 18.9. The van der Waals surface area contributed by atoms with Gasteiger partial charge in [-0.25, -0.2) is 0 Å². The van der Waals surface area contributed by atoms with Crippen molar-refractivity contribution in [3.63, 3.8) is 0 Å². The minimum atomic E-state index is -0.144. The summed E-state index contributed by atoms with van der Waals surface area (Å²) in [6.45, 7) is 2.26. The Bertz CT molecular complexity index is 494. The van der Waals surface area contributed by atoms with E-state index in [4.69, 9.17) is 9.47 Å². The minimum Gasteiger partial charge on any atom is -0.385 e. The zero-order chi connectivity index (χ0) is 16.9. The summed E-state index contributed by atoms with van der Waals surface area (Å²) >= 11 is 0. The lowest BCUT2D eigenvalue weighted by molar-refractivity contribution is -0.119. The van der Waals surface area contributed by atoms with Crippen LogP contribution in [0.3, 0.4) is 0 Å². The average Bonchev–Trinajstić information content (AvgIpc) is 2.57. The van der Waals surface area contributed by atoms with Crippen molar-refractivity contribution in [2.45, 2.75) is 6.42 Å². The molecule has 2 amide bonds. The lowest BCUT2D eigenvalue weighted by atomic mass is 10.2. The van der Waals surface area contributed by atoms with Crippen molar-refractivity contribution < 1.29 is 19.1 Å². The van der Waals surface area contributed by atoms with Gasteiger partial charge >= 0.3 is 0 Å². The Morgan fingerprint density at radius 2 is 1.83 bits per heavy atom. The summed E-state index contributed by atoms with van der Waals surface area (Å²) in [5, 5.41) is 8.52. The zero-order valence-corrected chi connectivity index (χ0v) is 13.7. The standard InChI is InChI=1S/C16H25N3O4/c1-22-9-4-7-18-16(21)13-5-3-6-14(11-13)19-12-15(20)17-8-10-23-2/h3,5-6,11,19H,4,7-10,12H2,1-2H3,(H,17,20)(H,18,21). The molecule has 0 saturated carbocycles. The fourth-order valence-electron chi connectivity index (χ4n) is 1.83. The molecule has 1 aromatic carbocycles. The topological polar surface area (TPSA) is 88.7 Å². The van der Waals surface area contributed by atoms with Gasteiger partial charge < -0.3 is 25.4 Å². The van der Waals surface area contributed by atoms with Crippen LogP contribution in [0.25, 0.3) is 0 Å². The number of hydrogen-bond acceptors (Lipinski definition) is 5. The Morgan fingerprint density at radius 3 is 2.57 bits per heavy atom. The van der Waals surface area contributed by atoms with Crippen LogP contribution in [0.1, 0.15) is 16.8 Å². The number of carbonyl (C=O) groups excluding carboxylic acids is 2. The molecule has 0 aliphatic rings. The highest BCUT2D eigenvalue weighted by Crippen LogP contribution is 2.10. The van der Waals surface area contributed by atoms with E-state index in [0.717, 1.165) is 12.1 Å². The van der Waals surface area contributed by atoms with E-state index in [9.17, 15) is 9.59 Å². The fraction of sp³-hybridized carbons (Fsp3) is 0.500. The molecule has 0 bridgehead atoms. The molecule has 7 nitrogen and oxygen atoms in total. The molecule has 0 radical (unpaired) electrons. The van der Waals surface area contributed by atoms with E-state index in [2.05, 4.69) is 16.0 Å². The number of benzene rings is 1. The van der Waals surface area contributed by atoms with Crippen molar-refractivity contribution in [3.05, 3.63) is 29.8 Å². The highest BCUT2D eigenvalue weighted by molar-refractivity contribution is 5.95. The van der Waals surface area contributed by atoms with E-state index in [1.54, 1.807) is 32.4 Å². The lowest BCUT2D eigenvalue weighted by Crippen LogP contribution is -2.32. The predicted molar refractivity (Wildman–Crippen MR) is 88.6 cm³/mol. The number of carbonyl (C=O) groups is 2. The molecule has 7 heteroatoms. The van der Waals surface area contributed by atoms with Gasteiger partial charge in [-0.3, -0.25) is 9.59 Å². The van der Waals surface area contributed by atoms with Crippen molar-refractivity contribution in [3.8, 4) is 0 Å². The largest absolute Gasteiger partial charge is 0.385 e.